The van der Waals surface area contributed by atoms with Crippen molar-refractivity contribution in [3.8, 4) is 5.75 Å². The normalized spacial score (nSPS) is 10.4. The smallest absolute Gasteiger partial charge is 0.184 e. The van der Waals surface area contributed by atoms with Crippen LogP contribution >= 0.6 is 31.9 Å². The number of anilines is 3. The van der Waals surface area contributed by atoms with E-state index in [9.17, 15) is 8.78 Å². The lowest BCUT2D eigenvalue weighted by Crippen LogP contribution is -2.02. The number of nitrogen functional groups attached to an aromatic ring is 1. The molecule has 7 heteroatoms. The zero-order valence-corrected chi connectivity index (χ0v) is 13.5. The fourth-order valence-electron chi connectivity index (χ4n) is 1.61. The highest BCUT2D eigenvalue weighted by Gasteiger charge is 2.14. The Hall–Kier alpha value is -1.34. The lowest BCUT2D eigenvalue weighted by atomic mass is 10.2. The molecule has 0 saturated carbocycles. The van der Waals surface area contributed by atoms with Gasteiger partial charge in [-0.1, -0.05) is 0 Å². The molecular weight excluding hydrogens is 398 g/mol. The van der Waals surface area contributed by atoms with Crippen molar-refractivity contribution in [3.05, 3.63) is 44.8 Å². The largest absolute Gasteiger partial charge is 0.495 e. The molecule has 0 bridgehead atoms. The Bertz CT molecular complexity index is 665. The first-order chi connectivity index (χ1) is 9.43. The Morgan fingerprint density at radius 3 is 2.50 bits per heavy atom. The van der Waals surface area contributed by atoms with Crippen molar-refractivity contribution < 1.29 is 13.5 Å². The topological polar surface area (TPSA) is 47.3 Å². The SMILES string of the molecule is COc1cc(Nc2c(N)ccc(F)c2F)c(Br)cc1Br. The Labute approximate surface area is 131 Å². The van der Waals surface area contributed by atoms with Crippen LogP contribution in [0.4, 0.5) is 25.8 Å². The third-order valence-corrected chi connectivity index (χ3v) is 3.90. The molecule has 0 radical (unpaired) electrons. The van der Waals surface area contributed by atoms with Crippen LogP contribution in [-0.4, -0.2) is 7.11 Å². The second kappa shape index (κ2) is 5.97. The van der Waals surface area contributed by atoms with Gasteiger partial charge in [-0.25, -0.2) is 8.78 Å². The van der Waals surface area contributed by atoms with Crippen molar-refractivity contribution in [1.29, 1.82) is 0 Å². The van der Waals surface area contributed by atoms with Crippen LogP contribution in [0.3, 0.4) is 0 Å². The molecule has 0 spiro atoms. The molecule has 20 heavy (non-hydrogen) atoms. The van der Waals surface area contributed by atoms with Crippen LogP contribution in [-0.2, 0) is 0 Å². The number of nitrogens with one attached hydrogen (secondary N) is 1. The van der Waals surface area contributed by atoms with Crippen LogP contribution in [0.2, 0.25) is 0 Å². The summed E-state index contributed by atoms with van der Waals surface area (Å²) >= 11 is 6.66. The lowest BCUT2D eigenvalue weighted by molar-refractivity contribution is 0.412. The summed E-state index contributed by atoms with van der Waals surface area (Å²) in [5.41, 5.74) is 6.16. The minimum atomic E-state index is -1.03. The maximum atomic E-state index is 13.8. The Morgan fingerprint density at radius 2 is 1.85 bits per heavy atom. The monoisotopic (exact) mass is 406 g/mol. The maximum Gasteiger partial charge on any atom is 0.184 e. The highest BCUT2D eigenvalue weighted by Crippen LogP contribution is 2.37. The summed E-state index contributed by atoms with van der Waals surface area (Å²) < 4.78 is 33.6. The Morgan fingerprint density at radius 1 is 1.15 bits per heavy atom. The Kier molecular flexibility index (Phi) is 4.49. The van der Waals surface area contributed by atoms with Crippen molar-refractivity contribution in [2.45, 2.75) is 0 Å². The molecule has 0 heterocycles. The molecule has 106 valence electrons. The number of halogens is 4. The van der Waals surface area contributed by atoms with Gasteiger partial charge in [-0.2, -0.15) is 0 Å². The van der Waals surface area contributed by atoms with Crippen LogP contribution in [0, 0.1) is 11.6 Å². The van der Waals surface area contributed by atoms with E-state index in [2.05, 4.69) is 37.2 Å². The summed E-state index contributed by atoms with van der Waals surface area (Å²) in [6, 6.07) is 5.64. The number of methoxy groups -OCH3 is 1. The second-order valence-electron chi connectivity index (χ2n) is 3.92. The van der Waals surface area contributed by atoms with Gasteiger partial charge in [-0.3, -0.25) is 0 Å². The molecule has 2 aromatic carbocycles. The molecule has 0 aliphatic heterocycles. The molecule has 0 saturated heterocycles. The molecule has 3 N–H and O–H groups in total. The molecule has 3 nitrogen and oxygen atoms in total. The predicted molar refractivity (Wildman–Crippen MR) is 82.4 cm³/mol. The number of hydrogen-bond acceptors (Lipinski definition) is 3. The highest BCUT2D eigenvalue weighted by atomic mass is 79.9. The minimum Gasteiger partial charge on any atom is -0.495 e. The van der Waals surface area contributed by atoms with Crippen molar-refractivity contribution in [3.63, 3.8) is 0 Å². The van der Waals surface area contributed by atoms with E-state index < -0.39 is 11.6 Å². The van der Waals surface area contributed by atoms with E-state index in [1.54, 1.807) is 12.1 Å². The van der Waals surface area contributed by atoms with E-state index in [4.69, 9.17) is 10.5 Å². The lowest BCUT2D eigenvalue weighted by Gasteiger charge is -2.14. The molecule has 0 aromatic heterocycles. The summed E-state index contributed by atoms with van der Waals surface area (Å²) in [5.74, 6) is -1.45. The van der Waals surface area contributed by atoms with Gasteiger partial charge in [-0.05, 0) is 50.1 Å². The van der Waals surface area contributed by atoms with Crippen molar-refractivity contribution in [2.24, 2.45) is 0 Å². The van der Waals surface area contributed by atoms with Crippen molar-refractivity contribution in [2.75, 3.05) is 18.2 Å². The average molecular weight is 408 g/mol. The number of benzene rings is 2. The number of rotatable bonds is 3. The van der Waals surface area contributed by atoms with Gasteiger partial charge in [0.25, 0.3) is 0 Å². The van der Waals surface area contributed by atoms with Gasteiger partial charge < -0.3 is 15.8 Å². The molecule has 0 aliphatic carbocycles. The highest BCUT2D eigenvalue weighted by molar-refractivity contribution is 9.11. The molecule has 0 unspecified atom stereocenters. The van der Waals surface area contributed by atoms with E-state index in [0.717, 1.165) is 10.5 Å². The molecule has 2 aromatic rings. The minimum absolute atomic E-state index is 0.109. The molecule has 0 atom stereocenters. The number of hydrogen-bond donors (Lipinski definition) is 2. The van der Waals surface area contributed by atoms with Crippen LogP contribution in [0.15, 0.2) is 33.2 Å². The van der Waals surface area contributed by atoms with Gasteiger partial charge in [-0.15, -0.1) is 0 Å². The fraction of sp³-hybridized carbons (Fsp3) is 0.0769. The van der Waals surface area contributed by atoms with Crippen LogP contribution < -0.4 is 15.8 Å². The molecule has 0 amide bonds. The molecule has 2 rings (SSSR count). The van der Waals surface area contributed by atoms with Gasteiger partial charge in [0.15, 0.2) is 11.6 Å². The fourth-order valence-corrected chi connectivity index (χ4v) is 2.86. The molecular formula is C13H10Br2F2N2O. The maximum absolute atomic E-state index is 13.8. The number of ether oxygens (including phenoxy) is 1. The van der Waals surface area contributed by atoms with Crippen LogP contribution in [0.5, 0.6) is 5.75 Å². The summed E-state index contributed by atoms with van der Waals surface area (Å²) in [4.78, 5) is 0. The molecule has 0 aliphatic rings. The van der Waals surface area contributed by atoms with Gasteiger partial charge in [0, 0.05) is 10.5 Å². The van der Waals surface area contributed by atoms with E-state index in [1.165, 1.54) is 13.2 Å². The second-order valence-corrected chi connectivity index (χ2v) is 5.63. The van der Waals surface area contributed by atoms with Gasteiger partial charge >= 0.3 is 0 Å². The summed E-state index contributed by atoms with van der Waals surface area (Å²) in [5, 5.41) is 2.76. The van der Waals surface area contributed by atoms with Crippen LogP contribution in [0.25, 0.3) is 0 Å². The quantitative estimate of drug-likeness (QED) is 0.716. The van der Waals surface area contributed by atoms with Crippen molar-refractivity contribution >= 4 is 48.9 Å². The third kappa shape index (κ3) is 2.88. The number of nitrogens with two attached hydrogens (primary N) is 1. The van der Waals surface area contributed by atoms with Gasteiger partial charge in [0.05, 0.1) is 23.0 Å². The Balaban J connectivity index is 2.48. The first kappa shape index (κ1) is 15.1. The van der Waals surface area contributed by atoms with Gasteiger partial charge in [0.2, 0.25) is 0 Å². The van der Waals surface area contributed by atoms with Gasteiger partial charge in [0.1, 0.15) is 11.4 Å². The van der Waals surface area contributed by atoms with E-state index >= 15 is 0 Å². The summed E-state index contributed by atoms with van der Waals surface area (Å²) in [7, 11) is 1.51. The summed E-state index contributed by atoms with van der Waals surface area (Å²) in [6.45, 7) is 0. The van der Waals surface area contributed by atoms with E-state index in [-0.39, 0.29) is 11.4 Å². The van der Waals surface area contributed by atoms with Crippen molar-refractivity contribution in [1.82, 2.24) is 0 Å². The van der Waals surface area contributed by atoms with E-state index in [1.807, 2.05) is 0 Å². The standard InChI is InChI=1S/C13H10Br2F2N2O/c1-20-11-5-10(6(14)4-7(11)15)19-13-9(18)3-2-8(16)12(13)17/h2-5,19H,18H2,1H3. The first-order valence-corrected chi connectivity index (χ1v) is 7.06. The van der Waals surface area contributed by atoms with Crippen LogP contribution in [0.1, 0.15) is 0 Å². The van der Waals surface area contributed by atoms with E-state index in [0.29, 0.717) is 15.9 Å². The predicted octanol–water partition coefficient (Wildman–Crippen LogP) is 4.82. The third-order valence-electron chi connectivity index (χ3n) is 2.63. The first-order valence-electron chi connectivity index (χ1n) is 5.47. The molecule has 0 fully saturated rings. The zero-order chi connectivity index (χ0) is 14.9. The zero-order valence-electron chi connectivity index (χ0n) is 10.3. The summed E-state index contributed by atoms with van der Waals surface area (Å²) in [6.07, 6.45) is 0. The average Bonchev–Trinajstić information content (AvgIpc) is 2.41.